The number of carbonyl (C=O) groups is 1. The van der Waals surface area contributed by atoms with E-state index < -0.39 is 16.1 Å². The molecule has 150 valence electrons. The topological polar surface area (TPSA) is 66.5 Å². The first-order valence-electron chi connectivity index (χ1n) is 9.75. The van der Waals surface area contributed by atoms with Gasteiger partial charge in [-0.05, 0) is 66.8 Å². The maximum absolute atomic E-state index is 13.3. The van der Waals surface area contributed by atoms with Gasteiger partial charge in [0.15, 0.2) is 0 Å². The summed E-state index contributed by atoms with van der Waals surface area (Å²) in [5.74, 6) is -0.277. The highest BCUT2D eigenvalue weighted by molar-refractivity contribution is 7.89. The number of hydrogen-bond donors (Lipinski definition) is 1. The normalized spacial score (nSPS) is 17.5. The van der Waals surface area contributed by atoms with Gasteiger partial charge in [0.25, 0.3) is 0 Å². The lowest BCUT2D eigenvalue weighted by molar-refractivity contribution is -0.119. The molecule has 1 aliphatic heterocycles. The number of amides is 1. The van der Waals surface area contributed by atoms with E-state index in [1.165, 1.54) is 4.31 Å². The number of carbonyl (C=O) groups excluding carboxylic acids is 1. The highest BCUT2D eigenvalue weighted by Crippen LogP contribution is 2.29. The number of rotatable bonds is 4. The fourth-order valence-corrected chi connectivity index (χ4v) is 5.53. The maximum atomic E-state index is 13.3. The molecule has 4 rings (SSSR count). The van der Waals surface area contributed by atoms with Crippen LogP contribution in [-0.4, -0.2) is 31.2 Å². The molecule has 0 aliphatic carbocycles. The molecule has 0 aromatic heterocycles. The first-order valence-corrected chi connectivity index (χ1v) is 11.2. The minimum atomic E-state index is -3.76. The van der Waals surface area contributed by atoms with E-state index in [9.17, 15) is 13.2 Å². The molecule has 1 atom stereocenters. The van der Waals surface area contributed by atoms with E-state index in [1.807, 2.05) is 62.4 Å². The van der Waals surface area contributed by atoms with Crippen molar-refractivity contribution in [2.24, 2.45) is 0 Å². The van der Waals surface area contributed by atoms with Crippen LogP contribution in [0.3, 0.4) is 0 Å². The standard InChI is InChI=1S/C23H24N2O3S/c1-16-9-10-17(2)21(14-16)24-23(26)22-8-5-13-25(22)29(27,28)20-12-11-18-6-3-4-7-19(18)15-20/h3-4,6-7,9-12,14-15,22H,5,8,13H2,1-2H3,(H,24,26)/t22-/m1/s1. The van der Waals surface area contributed by atoms with Gasteiger partial charge in [-0.2, -0.15) is 4.31 Å². The summed E-state index contributed by atoms with van der Waals surface area (Å²) in [6, 6.07) is 17.9. The minimum Gasteiger partial charge on any atom is -0.324 e. The zero-order valence-electron chi connectivity index (χ0n) is 16.6. The van der Waals surface area contributed by atoms with Gasteiger partial charge in [-0.15, -0.1) is 0 Å². The van der Waals surface area contributed by atoms with E-state index >= 15 is 0 Å². The van der Waals surface area contributed by atoms with Crippen LogP contribution < -0.4 is 5.32 Å². The van der Waals surface area contributed by atoms with Gasteiger partial charge in [0.1, 0.15) is 6.04 Å². The average Bonchev–Trinajstić information content (AvgIpc) is 3.21. The SMILES string of the molecule is Cc1ccc(C)c(NC(=O)[C@H]2CCCN2S(=O)(=O)c2ccc3ccccc3c2)c1. The number of nitrogens with one attached hydrogen (secondary N) is 1. The molecular weight excluding hydrogens is 384 g/mol. The Labute approximate surface area is 171 Å². The summed E-state index contributed by atoms with van der Waals surface area (Å²) in [6.45, 7) is 4.23. The molecule has 0 radical (unpaired) electrons. The van der Waals surface area contributed by atoms with Gasteiger partial charge in [0, 0.05) is 12.2 Å². The predicted molar refractivity (Wildman–Crippen MR) is 115 cm³/mol. The van der Waals surface area contributed by atoms with Crippen molar-refractivity contribution in [3.8, 4) is 0 Å². The fourth-order valence-electron chi connectivity index (χ4n) is 3.84. The van der Waals surface area contributed by atoms with Crippen molar-refractivity contribution < 1.29 is 13.2 Å². The summed E-state index contributed by atoms with van der Waals surface area (Å²) in [6.07, 6.45) is 1.18. The van der Waals surface area contributed by atoms with Gasteiger partial charge in [0.2, 0.25) is 15.9 Å². The molecule has 0 bridgehead atoms. The number of aryl methyl sites for hydroxylation is 2. The van der Waals surface area contributed by atoms with Gasteiger partial charge in [-0.1, -0.05) is 42.5 Å². The van der Waals surface area contributed by atoms with E-state index in [-0.39, 0.29) is 10.8 Å². The molecule has 0 spiro atoms. The molecule has 1 amide bonds. The average molecular weight is 409 g/mol. The van der Waals surface area contributed by atoms with Crippen molar-refractivity contribution >= 4 is 32.4 Å². The van der Waals surface area contributed by atoms with Crippen molar-refractivity contribution in [2.75, 3.05) is 11.9 Å². The first kappa shape index (κ1) is 19.6. The molecule has 1 saturated heterocycles. The minimum absolute atomic E-state index is 0.225. The maximum Gasteiger partial charge on any atom is 0.243 e. The van der Waals surface area contributed by atoms with Gasteiger partial charge >= 0.3 is 0 Å². The van der Waals surface area contributed by atoms with Crippen LogP contribution in [0.5, 0.6) is 0 Å². The molecular formula is C23H24N2O3S. The van der Waals surface area contributed by atoms with Gasteiger partial charge in [-0.25, -0.2) is 8.42 Å². The lowest BCUT2D eigenvalue weighted by Gasteiger charge is -2.24. The van der Waals surface area contributed by atoms with Gasteiger partial charge in [-0.3, -0.25) is 4.79 Å². The highest BCUT2D eigenvalue weighted by atomic mass is 32.2. The molecule has 1 fully saturated rings. The lowest BCUT2D eigenvalue weighted by atomic mass is 10.1. The van der Waals surface area contributed by atoms with Crippen LogP contribution in [-0.2, 0) is 14.8 Å². The van der Waals surface area contributed by atoms with E-state index in [0.717, 1.165) is 27.6 Å². The Morgan fingerprint density at radius 2 is 1.76 bits per heavy atom. The monoisotopic (exact) mass is 408 g/mol. The zero-order valence-corrected chi connectivity index (χ0v) is 17.4. The second-order valence-corrected chi connectivity index (χ2v) is 9.48. The quantitative estimate of drug-likeness (QED) is 0.702. The lowest BCUT2D eigenvalue weighted by Crippen LogP contribution is -2.43. The molecule has 5 nitrogen and oxygen atoms in total. The Kier molecular flexibility index (Phi) is 5.15. The van der Waals surface area contributed by atoms with Crippen LogP contribution in [0.25, 0.3) is 10.8 Å². The third-order valence-electron chi connectivity index (χ3n) is 5.48. The van der Waals surface area contributed by atoms with Crippen molar-refractivity contribution in [1.82, 2.24) is 4.31 Å². The van der Waals surface area contributed by atoms with Crippen LogP contribution >= 0.6 is 0 Å². The second-order valence-electron chi connectivity index (χ2n) is 7.59. The Morgan fingerprint density at radius 1 is 1.00 bits per heavy atom. The molecule has 1 aliphatic rings. The number of nitrogens with zero attached hydrogens (tertiary/aromatic N) is 1. The van der Waals surface area contributed by atoms with E-state index in [2.05, 4.69) is 5.32 Å². The number of anilines is 1. The van der Waals surface area contributed by atoms with Gasteiger partial charge < -0.3 is 5.32 Å². The summed E-state index contributed by atoms with van der Waals surface area (Å²) in [7, 11) is -3.76. The molecule has 0 saturated carbocycles. The Balaban J connectivity index is 1.62. The van der Waals surface area contributed by atoms with Crippen LogP contribution in [0, 0.1) is 13.8 Å². The van der Waals surface area contributed by atoms with Gasteiger partial charge in [0.05, 0.1) is 4.90 Å². The Hall–Kier alpha value is -2.70. The molecule has 1 heterocycles. The largest absolute Gasteiger partial charge is 0.324 e. The number of hydrogen-bond acceptors (Lipinski definition) is 3. The van der Waals surface area contributed by atoms with Crippen LogP contribution in [0.4, 0.5) is 5.69 Å². The van der Waals surface area contributed by atoms with Crippen molar-refractivity contribution in [3.63, 3.8) is 0 Å². The summed E-state index contributed by atoms with van der Waals surface area (Å²) >= 11 is 0. The van der Waals surface area contributed by atoms with Crippen molar-refractivity contribution in [3.05, 3.63) is 71.8 Å². The highest BCUT2D eigenvalue weighted by Gasteiger charge is 2.39. The fraction of sp³-hybridized carbons (Fsp3) is 0.261. The number of sulfonamides is 1. The molecule has 29 heavy (non-hydrogen) atoms. The third kappa shape index (κ3) is 3.78. The summed E-state index contributed by atoms with van der Waals surface area (Å²) in [5, 5.41) is 4.78. The molecule has 3 aromatic rings. The third-order valence-corrected chi connectivity index (χ3v) is 7.39. The van der Waals surface area contributed by atoms with E-state index in [4.69, 9.17) is 0 Å². The molecule has 1 N–H and O–H groups in total. The summed E-state index contributed by atoms with van der Waals surface area (Å²) < 4.78 is 28.0. The smallest absolute Gasteiger partial charge is 0.243 e. The number of fused-ring (bicyclic) bond motifs is 1. The number of benzene rings is 3. The van der Waals surface area contributed by atoms with Crippen LogP contribution in [0.1, 0.15) is 24.0 Å². The molecule has 0 unspecified atom stereocenters. The van der Waals surface area contributed by atoms with Crippen LogP contribution in [0.15, 0.2) is 65.6 Å². The zero-order chi connectivity index (χ0) is 20.6. The summed E-state index contributed by atoms with van der Waals surface area (Å²) in [5.41, 5.74) is 2.72. The van der Waals surface area contributed by atoms with E-state index in [0.29, 0.717) is 19.4 Å². The Morgan fingerprint density at radius 3 is 2.55 bits per heavy atom. The Bertz CT molecular complexity index is 1190. The summed E-state index contributed by atoms with van der Waals surface area (Å²) in [4.78, 5) is 13.2. The predicted octanol–water partition coefficient (Wildman–Crippen LogP) is 4.25. The first-order chi connectivity index (χ1) is 13.9. The van der Waals surface area contributed by atoms with E-state index in [1.54, 1.807) is 12.1 Å². The second kappa shape index (κ2) is 7.61. The molecule has 3 aromatic carbocycles. The van der Waals surface area contributed by atoms with Crippen LogP contribution in [0.2, 0.25) is 0 Å². The molecule has 6 heteroatoms. The van der Waals surface area contributed by atoms with Crippen molar-refractivity contribution in [1.29, 1.82) is 0 Å². The van der Waals surface area contributed by atoms with Crippen molar-refractivity contribution in [2.45, 2.75) is 37.6 Å².